The average Bonchev–Trinajstić information content (AvgIpc) is 2.60. The molecule has 7 heteroatoms. The van der Waals surface area contributed by atoms with Crippen molar-refractivity contribution in [1.82, 2.24) is 5.32 Å². The molecule has 128 valence electrons. The maximum Gasteiger partial charge on any atom is 0.267 e. The molecule has 0 fully saturated rings. The number of amides is 1. The Hall–Kier alpha value is -3.04. The number of ether oxygens (including phenoxy) is 1. The van der Waals surface area contributed by atoms with E-state index in [4.69, 9.17) is 21.6 Å². The molecule has 2 aromatic carbocycles. The number of hydrogen-bond acceptors (Lipinski definition) is 4. The van der Waals surface area contributed by atoms with Crippen LogP contribution in [-0.2, 0) is 11.3 Å². The molecule has 0 saturated heterocycles. The Balaban J connectivity index is 1.99. The third-order valence-corrected chi connectivity index (χ3v) is 3.54. The normalized spacial score (nSPS) is 10.7. The molecular weight excluding hydrogens is 345 g/mol. The van der Waals surface area contributed by atoms with E-state index in [9.17, 15) is 9.18 Å². The first kappa shape index (κ1) is 18.3. The van der Waals surface area contributed by atoms with Gasteiger partial charge < -0.3 is 15.4 Å². The minimum Gasteiger partial charge on any atom is -0.495 e. The van der Waals surface area contributed by atoms with Crippen LogP contribution in [-0.4, -0.2) is 13.0 Å². The number of benzene rings is 2. The number of anilines is 1. The summed E-state index contributed by atoms with van der Waals surface area (Å²) in [5.41, 5.74) is 1.15. The standard InChI is InChI=1S/C18H15ClFN3O2/c1-25-17-7-6-15(8-16(17)19)23-18(24)13(9-21)11-22-10-12-2-4-14(20)5-3-12/h2-8,11,22H,10H2,1H3,(H,23,24)/b13-11-. The minimum atomic E-state index is -0.574. The van der Waals surface area contributed by atoms with Crippen LogP contribution in [0.4, 0.5) is 10.1 Å². The summed E-state index contributed by atoms with van der Waals surface area (Å²) in [6.07, 6.45) is 1.31. The Morgan fingerprint density at radius 1 is 1.32 bits per heavy atom. The van der Waals surface area contributed by atoms with Crippen LogP contribution in [0.3, 0.4) is 0 Å². The number of carbonyl (C=O) groups excluding carboxylic acids is 1. The zero-order chi connectivity index (χ0) is 18.2. The quantitative estimate of drug-likeness (QED) is 0.610. The Labute approximate surface area is 149 Å². The number of carbonyl (C=O) groups is 1. The highest BCUT2D eigenvalue weighted by Crippen LogP contribution is 2.27. The molecule has 1 amide bonds. The van der Waals surface area contributed by atoms with Gasteiger partial charge in [0.05, 0.1) is 12.1 Å². The molecule has 0 heterocycles. The number of rotatable bonds is 6. The summed E-state index contributed by atoms with van der Waals surface area (Å²) < 4.78 is 17.9. The van der Waals surface area contributed by atoms with Gasteiger partial charge in [0.15, 0.2) is 0 Å². The lowest BCUT2D eigenvalue weighted by atomic mass is 10.2. The predicted molar refractivity (Wildman–Crippen MR) is 93.6 cm³/mol. The number of nitrogens with one attached hydrogen (secondary N) is 2. The lowest BCUT2D eigenvalue weighted by Gasteiger charge is -2.08. The second-order valence-electron chi connectivity index (χ2n) is 4.98. The van der Waals surface area contributed by atoms with E-state index >= 15 is 0 Å². The lowest BCUT2D eigenvalue weighted by Crippen LogP contribution is -2.16. The van der Waals surface area contributed by atoms with Crippen molar-refractivity contribution >= 4 is 23.2 Å². The maximum absolute atomic E-state index is 12.8. The first-order chi connectivity index (χ1) is 12.0. The maximum atomic E-state index is 12.8. The topological polar surface area (TPSA) is 74.1 Å². The van der Waals surface area contributed by atoms with E-state index in [1.807, 2.05) is 6.07 Å². The van der Waals surface area contributed by atoms with Crippen molar-refractivity contribution in [3.05, 3.63) is 70.6 Å². The predicted octanol–water partition coefficient (Wildman–Crippen LogP) is 3.62. The first-order valence-corrected chi connectivity index (χ1v) is 7.64. The molecule has 0 aliphatic carbocycles. The molecular formula is C18H15ClFN3O2. The largest absolute Gasteiger partial charge is 0.495 e. The van der Waals surface area contributed by atoms with E-state index in [0.717, 1.165) is 5.56 Å². The van der Waals surface area contributed by atoms with E-state index in [1.54, 1.807) is 24.3 Å². The molecule has 0 atom stereocenters. The van der Waals surface area contributed by atoms with Crippen LogP contribution in [0.2, 0.25) is 5.02 Å². The van der Waals surface area contributed by atoms with Crippen molar-refractivity contribution in [1.29, 1.82) is 5.26 Å². The lowest BCUT2D eigenvalue weighted by molar-refractivity contribution is -0.112. The Kier molecular flexibility index (Phi) is 6.38. The molecule has 0 bridgehead atoms. The van der Waals surface area contributed by atoms with Crippen LogP contribution < -0.4 is 15.4 Å². The fraction of sp³-hybridized carbons (Fsp3) is 0.111. The SMILES string of the molecule is COc1ccc(NC(=O)/C(C#N)=C\NCc2ccc(F)cc2)cc1Cl. The molecule has 0 spiro atoms. The summed E-state index contributed by atoms with van der Waals surface area (Å²) in [6.45, 7) is 0.354. The second kappa shape index (κ2) is 8.71. The highest BCUT2D eigenvalue weighted by atomic mass is 35.5. The van der Waals surface area contributed by atoms with Gasteiger partial charge in [-0.3, -0.25) is 4.79 Å². The number of halogens is 2. The van der Waals surface area contributed by atoms with Crippen LogP contribution in [0, 0.1) is 17.1 Å². The van der Waals surface area contributed by atoms with Gasteiger partial charge in [0.1, 0.15) is 23.2 Å². The molecule has 0 saturated carbocycles. The summed E-state index contributed by atoms with van der Waals surface area (Å²) in [5.74, 6) is -0.415. The smallest absolute Gasteiger partial charge is 0.267 e. The molecule has 2 N–H and O–H groups in total. The molecule has 0 unspecified atom stereocenters. The van der Waals surface area contributed by atoms with Crippen LogP contribution in [0.15, 0.2) is 54.2 Å². The molecule has 0 aliphatic heterocycles. The van der Waals surface area contributed by atoms with Gasteiger partial charge in [-0.2, -0.15) is 5.26 Å². The van der Waals surface area contributed by atoms with Crippen LogP contribution >= 0.6 is 11.6 Å². The van der Waals surface area contributed by atoms with Gasteiger partial charge in [-0.05, 0) is 35.9 Å². The number of methoxy groups -OCH3 is 1. The molecule has 2 aromatic rings. The average molecular weight is 360 g/mol. The van der Waals surface area contributed by atoms with E-state index in [0.29, 0.717) is 23.0 Å². The fourth-order valence-corrected chi connectivity index (χ4v) is 2.22. The second-order valence-corrected chi connectivity index (χ2v) is 5.39. The summed E-state index contributed by atoms with van der Waals surface area (Å²) in [4.78, 5) is 12.1. The van der Waals surface area contributed by atoms with Gasteiger partial charge in [-0.15, -0.1) is 0 Å². The number of nitrogens with zero attached hydrogens (tertiary/aromatic N) is 1. The van der Waals surface area contributed by atoms with Crippen molar-refractivity contribution in [2.45, 2.75) is 6.54 Å². The molecule has 25 heavy (non-hydrogen) atoms. The fourth-order valence-electron chi connectivity index (χ4n) is 1.96. The monoisotopic (exact) mass is 359 g/mol. The summed E-state index contributed by atoms with van der Waals surface area (Å²) in [5, 5.41) is 14.9. The van der Waals surface area contributed by atoms with Crippen molar-refractivity contribution < 1.29 is 13.9 Å². The van der Waals surface area contributed by atoms with Crippen molar-refractivity contribution in [2.24, 2.45) is 0 Å². The van der Waals surface area contributed by atoms with Gasteiger partial charge in [0.2, 0.25) is 0 Å². The molecule has 0 aliphatic rings. The van der Waals surface area contributed by atoms with Crippen molar-refractivity contribution in [3.8, 4) is 11.8 Å². The third kappa shape index (κ3) is 5.23. The third-order valence-electron chi connectivity index (χ3n) is 3.24. The van der Waals surface area contributed by atoms with Gasteiger partial charge in [0.25, 0.3) is 5.91 Å². The van der Waals surface area contributed by atoms with Gasteiger partial charge in [-0.1, -0.05) is 23.7 Å². The molecule has 0 aromatic heterocycles. The summed E-state index contributed by atoms with van der Waals surface area (Å²) >= 11 is 5.99. The number of nitriles is 1. The highest BCUT2D eigenvalue weighted by Gasteiger charge is 2.10. The van der Waals surface area contributed by atoms with E-state index in [2.05, 4.69) is 10.6 Å². The number of hydrogen-bond donors (Lipinski definition) is 2. The minimum absolute atomic E-state index is 0.103. The van der Waals surface area contributed by atoms with E-state index in [-0.39, 0.29) is 11.4 Å². The molecule has 2 rings (SSSR count). The Morgan fingerprint density at radius 3 is 2.64 bits per heavy atom. The van der Waals surface area contributed by atoms with Gasteiger partial charge in [0, 0.05) is 18.4 Å². The van der Waals surface area contributed by atoms with Gasteiger partial charge >= 0.3 is 0 Å². The van der Waals surface area contributed by atoms with Crippen molar-refractivity contribution in [3.63, 3.8) is 0 Å². The van der Waals surface area contributed by atoms with Crippen LogP contribution in [0.1, 0.15) is 5.56 Å². The van der Waals surface area contributed by atoms with E-state index < -0.39 is 5.91 Å². The first-order valence-electron chi connectivity index (χ1n) is 7.26. The van der Waals surface area contributed by atoms with Crippen molar-refractivity contribution in [2.75, 3.05) is 12.4 Å². The van der Waals surface area contributed by atoms with Crippen LogP contribution in [0.25, 0.3) is 0 Å². The van der Waals surface area contributed by atoms with Crippen LogP contribution in [0.5, 0.6) is 5.75 Å². The summed E-state index contributed by atoms with van der Waals surface area (Å²) in [6, 6.07) is 12.5. The highest BCUT2D eigenvalue weighted by molar-refractivity contribution is 6.32. The zero-order valence-corrected chi connectivity index (χ0v) is 14.1. The molecule has 0 radical (unpaired) electrons. The van der Waals surface area contributed by atoms with Gasteiger partial charge in [-0.25, -0.2) is 4.39 Å². The zero-order valence-electron chi connectivity index (χ0n) is 13.3. The molecule has 5 nitrogen and oxygen atoms in total. The Bertz CT molecular complexity index is 829. The van der Waals surface area contributed by atoms with E-state index in [1.165, 1.54) is 31.5 Å². The summed E-state index contributed by atoms with van der Waals surface area (Å²) in [7, 11) is 1.49. The Morgan fingerprint density at radius 2 is 2.04 bits per heavy atom.